The molecule has 0 saturated carbocycles. The van der Waals surface area contributed by atoms with Gasteiger partial charge in [-0.1, -0.05) is 6.07 Å². The van der Waals surface area contributed by atoms with Gasteiger partial charge >= 0.3 is 6.03 Å². The van der Waals surface area contributed by atoms with Crippen LogP contribution in [0.25, 0.3) is 0 Å². The van der Waals surface area contributed by atoms with E-state index in [-0.39, 0.29) is 0 Å². The molecule has 1 atom stereocenters. The number of urea groups is 1. The molecule has 6 heteroatoms. The number of imide groups is 1. The highest BCUT2D eigenvalue weighted by Gasteiger charge is 2.12. The SMILES string of the molecule is C[C@H](Cl)C(=O)NC(=O)NCc1cccs1. The molecule has 1 aromatic heterocycles. The van der Waals surface area contributed by atoms with Gasteiger partial charge in [-0.2, -0.15) is 0 Å². The fraction of sp³-hybridized carbons (Fsp3) is 0.333. The number of nitrogens with one attached hydrogen (secondary N) is 2. The number of carbonyl (C=O) groups is 2. The monoisotopic (exact) mass is 246 g/mol. The molecule has 4 nitrogen and oxygen atoms in total. The van der Waals surface area contributed by atoms with Crippen LogP contribution in [0.15, 0.2) is 17.5 Å². The zero-order valence-corrected chi connectivity index (χ0v) is 9.69. The van der Waals surface area contributed by atoms with Gasteiger partial charge in [0.25, 0.3) is 0 Å². The Labute approximate surface area is 96.6 Å². The number of carbonyl (C=O) groups excluding carboxylic acids is 2. The maximum absolute atomic E-state index is 11.2. The third-order valence-electron chi connectivity index (χ3n) is 1.60. The van der Waals surface area contributed by atoms with E-state index in [1.165, 1.54) is 18.3 Å². The molecular formula is C9H11ClN2O2S. The molecule has 0 saturated heterocycles. The maximum Gasteiger partial charge on any atom is 0.321 e. The number of alkyl halides is 1. The Balaban J connectivity index is 2.28. The van der Waals surface area contributed by atoms with E-state index in [1.807, 2.05) is 17.5 Å². The summed E-state index contributed by atoms with van der Waals surface area (Å²) in [5.74, 6) is -0.500. The van der Waals surface area contributed by atoms with Crippen molar-refractivity contribution in [3.63, 3.8) is 0 Å². The molecule has 0 fully saturated rings. The quantitative estimate of drug-likeness (QED) is 0.798. The van der Waals surface area contributed by atoms with Crippen LogP contribution < -0.4 is 10.6 Å². The first-order valence-corrected chi connectivity index (χ1v) is 5.66. The Hall–Kier alpha value is -1.07. The first kappa shape index (κ1) is 12.0. The van der Waals surface area contributed by atoms with Crippen LogP contribution in [0.3, 0.4) is 0 Å². The van der Waals surface area contributed by atoms with Gasteiger partial charge in [-0.3, -0.25) is 10.1 Å². The van der Waals surface area contributed by atoms with Gasteiger partial charge in [0.2, 0.25) is 5.91 Å². The van der Waals surface area contributed by atoms with Crippen LogP contribution in [0.4, 0.5) is 4.79 Å². The second-order valence-corrected chi connectivity index (χ2v) is 4.55. The third kappa shape index (κ3) is 4.31. The minimum absolute atomic E-state index is 0.410. The number of hydrogen-bond acceptors (Lipinski definition) is 3. The zero-order valence-electron chi connectivity index (χ0n) is 8.12. The van der Waals surface area contributed by atoms with Crippen LogP contribution in [0, 0.1) is 0 Å². The highest BCUT2D eigenvalue weighted by Crippen LogP contribution is 2.07. The Kier molecular flexibility index (Phi) is 4.58. The fourth-order valence-corrected chi connectivity index (χ4v) is 1.54. The lowest BCUT2D eigenvalue weighted by molar-refractivity contribution is -0.119. The molecule has 0 aromatic carbocycles. The summed E-state index contributed by atoms with van der Waals surface area (Å²) >= 11 is 7.02. The number of halogens is 1. The van der Waals surface area contributed by atoms with Gasteiger partial charge in [0, 0.05) is 4.88 Å². The smallest absolute Gasteiger partial charge is 0.321 e. The van der Waals surface area contributed by atoms with Crippen LogP contribution in [-0.2, 0) is 11.3 Å². The van der Waals surface area contributed by atoms with Crippen molar-refractivity contribution in [3.8, 4) is 0 Å². The van der Waals surface area contributed by atoms with E-state index in [0.717, 1.165) is 4.88 Å². The maximum atomic E-state index is 11.2. The molecule has 0 bridgehead atoms. The fourth-order valence-electron chi connectivity index (χ4n) is 0.836. The number of hydrogen-bond donors (Lipinski definition) is 2. The van der Waals surface area contributed by atoms with E-state index < -0.39 is 17.3 Å². The van der Waals surface area contributed by atoms with Gasteiger partial charge in [0.15, 0.2) is 0 Å². The summed E-state index contributed by atoms with van der Waals surface area (Å²) in [7, 11) is 0. The molecule has 2 N–H and O–H groups in total. The average Bonchev–Trinajstić information content (AvgIpc) is 2.66. The molecule has 0 aliphatic rings. The summed E-state index contributed by atoms with van der Waals surface area (Å²) in [6.07, 6.45) is 0. The van der Waals surface area contributed by atoms with Crippen LogP contribution in [0.2, 0.25) is 0 Å². The molecule has 15 heavy (non-hydrogen) atoms. The first-order chi connectivity index (χ1) is 7.09. The van der Waals surface area contributed by atoms with E-state index >= 15 is 0 Å². The number of rotatable bonds is 3. The van der Waals surface area contributed by atoms with Crippen LogP contribution in [0.5, 0.6) is 0 Å². The second-order valence-electron chi connectivity index (χ2n) is 2.87. The third-order valence-corrected chi connectivity index (χ3v) is 2.68. The Bertz CT molecular complexity index is 338. The molecule has 0 aliphatic carbocycles. The summed E-state index contributed by atoms with van der Waals surface area (Å²) in [6.45, 7) is 1.91. The van der Waals surface area contributed by atoms with E-state index in [0.29, 0.717) is 6.54 Å². The van der Waals surface area contributed by atoms with Crippen molar-refractivity contribution in [2.75, 3.05) is 0 Å². The minimum Gasteiger partial charge on any atom is -0.333 e. The van der Waals surface area contributed by atoms with Gasteiger partial charge < -0.3 is 5.32 Å². The normalized spacial score (nSPS) is 11.9. The lowest BCUT2D eigenvalue weighted by Crippen LogP contribution is -2.41. The van der Waals surface area contributed by atoms with E-state index in [2.05, 4.69) is 10.6 Å². The second kappa shape index (κ2) is 5.72. The molecule has 0 aliphatic heterocycles. The van der Waals surface area contributed by atoms with Crippen LogP contribution in [-0.4, -0.2) is 17.3 Å². The van der Waals surface area contributed by atoms with Crippen molar-refractivity contribution in [2.24, 2.45) is 0 Å². The highest BCUT2D eigenvalue weighted by molar-refractivity contribution is 7.09. The van der Waals surface area contributed by atoms with Crippen molar-refractivity contribution in [3.05, 3.63) is 22.4 Å². The van der Waals surface area contributed by atoms with Crippen LogP contribution >= 0.6 is 22.9 Å². The predicted molar refractivity (Wildman–Crippen MR) is 60.0 cm³/mol. The molecule has 0 spiro atoms. The van der Waals surface area contributed by atoms with Gasteiger partial charge in [-0.25, -0.2) is 4.79 Å². The van der Waals surface area contributed by atoms with E-state index in [9.17, 15) is 9.59 Å². The summed E-state index contributed by atoms with van der Waals surface area (Å²) in [6, 6.07) is 3.27. The molecular weight excluding hydrogens is 236 g/mol. The zero-order chi connectivity index (χ0) is 11.3. The van der Waals surface area contributed by atoms with E-state index in [4.69, 9.17) is 11.6 Å². The van der Waals surface area contributed by atoms with Gasteiger partial charge in [-0.05, 0) is 18.4 Å². The number of amides is 3. The standard InChI is InChI=1S/C9H11ClN2O2S/c1-6(10)8(13)12-9(14)11-5-7-3-2-4-15-7/h2-4,6H,5H2,1H3,(H2,11,12,13,14)/t6-/m0/s1. The van der Waals surface area contributed by atoms with Gasteiger partial charge in [0.1, 0.15) is 5.38 Å². The molecule has 1 rings (SSSR count). The van der Waals surface area contributed by atoms with Crippen molar-refractivity contribution < 1.29 is 9.59 Å². The van der Waals surface area contributed by atoms with E-state index in [1.54, 1.807) is 0 Å². The number of thiophene rings is 1. The lowest BCUT2D eigenvalue weighted by Gasteiger charge is -2.06. The molecule has 1 heterocycles. The Morgan fingerprint density at radius 3 is 2.87 bits per heavy atom. The van der Waals surface area contributed by atoms with Gasteiger partial charge in [-0.15, -0.1) is 22.9 Å². The Morgan fingerprint density at radius 1 is 1.60 bits per heavy atom. The summed E-state index contributed by atoms with van der Waals surface area (Å²) in [5, 5.41) is 5.88. The van der Waals surface area contributed by atoms with Crippen molar-refractivity contribution in [2.45, 2.75) is 18.8 Å². The topological polar surface area (TPSA) is 58.2 Å². The molecule has 82 valence electrons. The summed E-state index contributed by atoms with van der Waals surface area (Å²) in [4.78, 5) is 23.2. The summed E-state index contributed by atoms with van der Waals surface area (Å²) < 4.78 is 0. The first-order valence-electron chi connectivity index (χ1n) is 4.34. The van der Waals surface area contributed by atoms with Crippen molar-refractivity contribution >= 4 is 34.9 Å². The van der Waals surface area contributed by atoms with Crippen LogP contribution in [0.1, 0.15) is 11.8 Å². The van der Waals surface area contributed by atoms with Gasteiger partial charge in [0.05, 0.1) is 6.54 Å². The molecule has 0 unspecified atom stereocenters. The largest absolute Gasteiger partial charge is 0.333 e. The lowest BCUT2D eigenvalue weighted by atomic mass is 10.4. The summed E-state index contributed by atoms with van der Waals surface area (Å²) in [5.41, 5.74) is 0. The Morgan fingerprint density at radius 2 is 2.33 bits per heavy atom. The van der Waals surface area contributed by atoms with Crippen molar-refractivity contribution in [1.29, 1.82) is 0 Å². The molecule has 1 aromatic rings. The van der Waals surface area contributed by atoms with Crippen molar-refractivity contribution in [1.82, 2.24) is 10.6 Å². The average molecular weight is 247 g/mol. The predicted octanol–water partition coefficient (Wildman–Crippen LogP) is 1.70. The minimum atomic E-state index is -0.711. The molecule has 0 radical (unpaired) electrons. The molecule has 3 amide bonds. The highest BCUT2D eigenvalue weighted by atomic mass is 35.5.